The Morgan fingerprint density at radius 1 is 1.44 bits per heavy atom. The van der Waals surface area contributed by atoms with Crippen LogP contribution in [0.5, 0.6) is 0 Å². The molecule has 0 fully saturated rings. The van der Waals surface area contributed by atoms with Crippen LogP contribution in [0.3, 0.4) is 0 Å². The van der Waals surface area contributed by atoms with E-state index in [1.54, 1.807) is 30.0 Å². The number of hydrogen-bond donors (Lipinski definition) is 0. The van der Waals surface area contributed by atoms with Crippen molar-refractivity contribution in [2.75, 3.05) is 20.8 Å². The zero-order valence-corrected chi connectivity index (χ0v) is 10.4. The van der Waals surface area contributed by atoms with Crippen molar-refractivity contribution in [1.29, 1.82) is 0 Å². The van der Waals surface area contributed by atoms with E-state index >= 15 is 0 Å². The van der Waals surface area contributed by atoms with Gasteiger partial charge in [-0.1, -0.05) is 0 Å². The van der Waals surface area contributed by atoms with E-state index in [-0.39, 0.29) is 0 Å². The minimum Gasteiger partial charge on any atom is -0.465 e. The van der Waals surface area contributed by atoms with E-state index in [0.29, 0.717) is 23.6 Å². The lowest BCUT2D eigenvalue weighted by atomic mass is 10.3. The molecule has 18 heavy (non-hydrogen) atoms. The normalized spacial score (nSPS) is 10.8. The van der Waals surface area contributed by atoms with Gasteiger partial charge in [0.2, 0.25) is 0 Å². The Kier molecular flexibility index (Phi) is 3.88. The Balaban J connectivity index is 2.29. The number of carbonyl (C=O) groups is 1. The number of hydrogen-bond acceptors (Lipinski definition) is 5. The molecule has 2 heterocycles. The Bertz CT molecular complexity index is 550. The van der Waals surface area contributed by atoms with Crippen LogP contribution in [0.1, 0.15) is 22.6 Å². The predicted molar refractivity (Wildman–Crippen MR) is 64.5 cm³/mol. The van der Waals surface area contributed by atoms with Crippen LogP contribution in [0, 0.1) is 0 Å². The van der Waals surface area contributed by atoms with Gasteiger partial charge in [-0.3, -0.25) is 0 Å². The van der Waals surface area contributed by atoms with Gasteiger partial charge in [0.25, 0.3) is 0 Å². The average molecular weight is 249 g/mol. The van der Waals surface area contributed by atoms with Crippen LogP contribution in [0.4, 0.5) is 0 Å². The topological polar surface area (TPSA) is 65.7 Å². The van der Waals surface area contributed by atoms with Gasteiger partial charge in [0.15, 0.2) is 11.5 Å². The van der Waals surface area contributed by atoms with Crippen LogP contribution in [-0.4, -0.2) is 41.4 Å². The van der Waals surface area contributed by atoms with Crippen molar-refractivity contribution in [1.82, 2.24) is 14.6 Å². The highest BCUT2D eigenvalue weighted by Crippen LogP contribution is 2.10. The molecule has 0 N–H and O–H groups in total. The molecule has 0 radical (unpaired) electrons. The van der Waals surface area contributed by atoms with Gasteiger partial charge in [-0.25, -0.2) is 14.3 Å². The summed E-state index contributed by atoms with van der Waals surface area (Å²) in [5.41, 5.74) is 0.947. The van der Waals surface area contributed by atoms with E-state index in [1.807, 2.05) is 0 Å². The first-order chi connectivity index (χ1) is 8.76. The first-order valence-electron chi connectivity index (χ1n) is 5.67. The minimum atomic E-state index is -0.406. The van der Waals surface area contributed by atoms with Gasteiger partial charge < -0.3 is 9.47 Å². The summed E-state index contributed by atoms with van der Waals surface area (Å²) in [4.78, 5) is 15.9. The third-order valence-electron chi connectivity index (χ3n) is 2.56. The molecule has 0 aromatic carbocycles. The van der Waals surface area contributed by atoms with Gasteiger partial charge in [0, 0.05) is 26.3 Å². The molecule has 96 valence electrons. The highest BCUT2D eigenvalue weighted by Gasteiger charge is 2.14. The highest BCUT2D eigenvalue weighted by atomic mass is 16.5. The molecule has 0 spiro atoms. The van der Waals surface area contributed by atoms with Crippen LogP contribution in [-0.2, 0) is 15.9 Å². The molecule has 0 saturated heterocycles. The fourth-order valence-electron chi connectivity index (χ4n) is 1.70. The van der Waals surface area contributed by atoms with Gasteiger partial charge in [0.1, 0.15) is 5.56 Å². The number of rotatable bonds is 5. The second-order valence-corrected chi connectivity index (χ2v) is 3.81. The van der Waals surface area contributed by atoms with E-state index < -0.39 is 5.97 Å². The number of aryl methyl sites for hydroxylation is 1. The average Bonchev–Trinajstić information content (AvgIpc) is 2.80. The van der Waals surface area contributed by atoms with E-state index in [0.717, 1.165) is 12.8 Å². The fraction of sp³-hybridized carbons (Fsp3) is 0.417. The lowest BCUT2D eigenvalue weighted by Gasteiger charge is -1.99. The summed E-state index contributed by atoms with van der Waals surface area (Å²) in [5, 5.41) is 4.30. The van der Waals surface area contributed by atoms with Crippen molar-refractivity contribution in [2.24, 2.45) is 0 Å². The largest absolute Gasteiger partial charge is 0.465 e. The summed E-state index contributed by atoms with van der Waals surface area (Å²) in [6.45, 7) is 0.666. The summed E-state index contributed by atoms with van der Waals surface area (Å²) in [5.74, 6) is 0.292. The first kappa shape index (κ1) is 12.5. The molecule has 0 amide bonds. The molecule has 0 aliphatic heterocycles. The highest BCUT2D eigenvalue weighted by molar-refractivity contribution is 5.95. The molecule has 0 bridgehead atoms. The third kappa shape index (κ3) is 2.48. The molecule has 6 nitrogen and oxygen atoms in total. The second kappa shape index (κ2) is 5.59. The van der Waals surface area contributed by atoms with Gasteiger partial charge in [-0.05, 0) is 18.6 Å². The third-order valence-corrected chi connectivity index (χ3v) is 2.56. The van der Waals surface area contributed by atoms with Crippen molar-refractivity contribution in [3.63, 3.8) is 0 Å². The van der Waals surface area contributed by atoms with Crippen LogP contribution in [0.15, 0.2) is 18.3 Å². The molecule has 0 unspecified atom stereocenters. The van der Waals surface area contributed by atoms with Gasteiger partial charge in [-0.2, -0.15) is 5.10 Å². The summed E-state index contributed by atoms with van der Waals surface area (Å²) >= 11 is 0. The molecule has 0 atom stereocenters. The molecule has 6 heteroatoms. The van der Waals surface area contributed by atoms with Crippen molar-refractivity contribution >= 4 is 11.6 Å². The summed E-state index contributed by atoms with van der Waals surface area (Å²) in [7, 11) is 3.01. The van der Waals surface area contributed by atoms with Crippen molar-refractivity contribution < 1.29 is 14.3 Å². The van der Waals surface area contributed by atoms with Crippen molar-refractivity contribution in [2.45, 2.75) is 12.8 Å². The van der Waals surface area contributed by atoms with Crippen molar-refractivity contribution in [3.8, 4) is 0 Å². The molecule has 0 aliphatic carbocycles. The minimum absolute atomic E-state index is 0.406. The number of fused-ring (bicyclic) bond motifs is 1. The number of esters is 1. The van der Waals surface area contributed by atoms with Crippen molar-refractivity contribution in [3.05, 3.63) is 29.7 Å². The Morgan fingerprint density at radius 3 is 3.00 bits per heavy atom. The van der Waals surface area contributed by atoms with Gasteiger partial charge in [-0.15, -0.1) is 0 Å². The molecule has 2 rings (SSSR count). The lowest BCUT2D eigenvalue weighted by Crippen LogP contribution is -2.04. The maximum absolute atomic E-state index is 11.6. The van der Waals surface area contributed by atoms with E-state index in [2.05, 4.69) is 10.1 Å². The molecular formula is C12H15N3O3. The molecule has 0 saturated carbocycles. The molecule has 2 aromatic heterocycles. The molecule has 2 aromatic rings. The SMILES string of the molecule is COCCCc1nc2c(C(=O)OC)cccn2n1. The summed E-state index contributed by atoms with van der Waals surface area (Å²) < 4.78 is 11.3. The number of methoxy groups -OCH3 is 2. The Morgan fingerprint density at radius 2 is 2.28 bits per heavy atom. The second-order valence-electron chi connectivity index (χ2n) is 3.81. The Labute approximate surface area is 105 Å². The number of carbonyl (C=O) groups excluding carboxylic acids is 1. The standard InChI is InChI=1S/C12H15N3O3/c1-17-8-4-6-10-13-11-9(12(16)18-2)5-3-7-15(11)14-10/h3,5,7H,4,6,8H2,1-2H3. The predicted octanol–water partition coefficient (Wildman–Crippen LogP) is 1.09. The van der Waals surface area contributed by atoms with E-state index in [9.17, 15) is 4.79 Å². The Hall–Kier alpha value is -1.95. The molecular weight excluding hydrogens is 234 g/mol. The quantitative estimate of drug-likeness (QED) is 0.586. The number of ether oxygens (including phenoxy) is 2. The zero-order valence-electron chi connectivity index (χ0n) is 10.4. The number of nitrogens with zero attached hydrogens (tertiary/aromatic N) is 3. The smallest absolute Gasteiger partial charge is 0.341 e. The maximum Gasteiger partial charge on any atom is 0.341 e. The van der Waals surface area contributed by atoms with Gasteiger partial charge >= 0.3 is 5.97 Å². The summed E-state index contributed by atoms with van der Waals surface area (Å²) in [6.07, 6.45) is 3.33. The van der Waals surface area contributed by atoms with Crippen LogP contribution < -0.4 is 0 Å². The van der Waals surface area contributed by atoms with Gasteiger partial charge in [0.05, 0.1) is 7.11 Å². The zero-order chi connectivity index (χ0) is 13.0. The van der Waals surface area contributed by atoms with Crippen LogP contribution in [0.2, 0.25) is 0 Å². The number of pyridine rings is 1. The fourth-order valence-corrected chi connectivity index (χ4v) is 1.70. The lowest BCUT2D eigenvalue weighted by molar-refractivity contribution is 0.0602. The van der Waals surface area contributed by atoms with Crippen LogP contribution in [0.25, 0.3) is 5.65 Å². The molecule has 0 aliphatic rings. The van der Waals surface area contributed by atoms with E-state index in [4.69, 9.17) is 9.47 Å². The maximum atomic E-state index is 11.6. The first-order valence-corrected chi connectivity index (χ1v) is 5.67. The number of aromatic nitrogens is 3. The van der Waals surface area contributed by atoms with Crippen LogP contribution >= 0.6 is 0 Å². The monoisotopic (exact) mass is 249 g/mol. The van der Waals surface area contributed by atoms with E-state index in [1.165, 1.54) is 7.11 Å². The summed E-state index contributed by atoms with van der Waals surface area (Å²) in [6, 6.07) is 3.42.